The molecule has 0 aliphatic rings. The summed E-state index contributed by atoms with van der Waals surface area (Å²) in [4.78, 5) is 42.7. The van der Waals surface area contributed by atoms with Crippen molar-refractivity contribution in [1.82, 2.24) is 0 Å². The Labute approximate surface area is 113 Å². The van der Waals surface area contributed by atoms with Crippen molar-refractivity contribution in [2.24, 2.45) is 0 Å². The predicted octanol–water partition coefficient (Wildman–Crippen LogP) is -2.86. The predicted molar refractivity (Wildman–Crippen MR) is 58.0 cm³/mol. The molecule has 0 aromatic heterocycles. The summed E-state index contributed by atoms with van der Waals surface area (Å²) in [6.07, 6.45) is 0. The first-order valence-corrected chi connectivity index (χ1v) is 5.33. The average Bonchev–Trinajstić information content (AvgIpc) is 2.42. The maximum absolute atomic E-state index is 10.9. The fraction of sp³-hybridized carbons (Fsp3) is 0.600. The molecule has 0 rings (SSSR count). The van der Waals surface area contributed by atoms with E-state index in [1.165, 1.54) is 0 Å². The van der Waals surface area contributed by atoms with Gasteiger partial charge in [-0.3, -0.25) is 0 Å². The molecule has 2 N–H and O–H groups in total. The average molecular weight is 294 g/mol. The molecule has 0 saturated carbocycles. The number of carbonyl (C=O) groups is 4. The molecule has 0 heterocycles. The number of carbonyl (C=O) groups excluding carboxylic acids is 4. The Bertz CT molecular complexity index is 316. The van der Waals surface area contributed by atoms with Crippen molar-refractivity contribution in [3.63, 3.8) is 0 Å². The number of aliphatic hydroxyl groups excluding tert-OH is 2. The normalized spacial score (nSPS) is 9.90. The van der Waals surface area contributed by atoms with Gasteiger partial charge in [-0.15, -0.1) is 0 Å². The summed E-state index contributed by atoms with van der Waals surface area (Å²) >= 11 is 0. The van der Waals surface area contributed by atoms with Gasteiger partial charge in [0.25, 0.3) is 0 Å². The third kappa shape index (κ3) is 10.1. The fourth-order valence-corrected chi connectivity index (χ4v) is 0.806. The zero-order valence-electron chi connectivity index (χ0n) is 10.4. The van der Waals surface area contributed by atoms with Crippen LogP contribution >= 0.6 is 0 Å². The Morgan fingerprint density at radius 1 is 0.650 bits per heavy atom. The van der Waals surface area contributed by atoms with Crippen molar-refractivity contribution in [2.75, 3.05) is 39.6 Å². The molecule has 0 aromatic rings. The molecule has 0 saturated heterocycles. The first kappa shape index (κ1) is 18.1. The van der Waals surface area contributed by atoms with Crippen LogP contribution < -0.4 is 0 Å². The SMILES string of the molecule is O=C(CO)OC(=O)COCCOCC(=O)OC(=O)CO. The lowest BCUT2D eigenvalue weighted by atomic mass is 10.6. The third-order valence-electron chi connectivity index (χ3n) is 1.53. The van der Waals surface area contributed by atoms with Gasteiger partial charge in [0.15, 0.2) is 0 Å². The molecule has 0 aliphatic heterocycles. The van der Waals surface area contributed by atoms with E-state index < -0.39 is 50.3 Å². The highest BCUT2D eigenvalue weighted by molar-refractivity contribution is 5.87. The Hall–Kier alpha value is -1.88. The molecule has 0 amide bonds. The van der Waals surface area contributed by atoms with Crippen LogP contribution in [0.2, 0.25) is 0 Å². The van der Waals surface area contributed by atoms with Gasteiger partial charge in [-0.25, -0.2) is 19.2 Å². The van der Waals surface area contributed by atoms with Gasteiger partial charge in [0, 0.05) is 0 Å². The zero-order valence-corrected chi connectivity index (χ0v) is 10.4. The molecule has 0 aromatic carbocycles. The molecule has 0 fully saturated rings. The molecule has 0 radical (unpaired) electrons. The zero-order chi connectivity index (χ0) is 15.4. The lowest BCUT2D eigenvalue weighted by molar-refractivity contribution is -0.167. The highest BCUT2D eigenvalue weighted by atomic mass is 16.6. The molecule has 10 nitrogen and oxygen atoms in total. The second kappa shape index (κ2) is 11.0. The van der Waals surface area contributed by atoms with E-state index in [2.05, 4.69) is 9.47 Å². The molecule has 0 aliphatic carbocycles. The topological polar surface area (TPSA) is 146 Å². The Kier molecular flexibility index (Phi) is 9.96. The number of hydrogen-bond acceptors (Lipinski definition) is 10. The minimum atomic E-state index is -1.09. The summed E-state index contributed by atoms with van der Waals surface area (Å²) in [6.45, 7) is -3.04. The van der Waals surface area contributed by atoms with E-state index >= 15 is 0 Å². The van der Waals surface area contributed by atoms with E-state index in [0.29, 0.717) is 0 Å². The first-order valence-electron chi connectivity index (χ1n) is 5.33. The largest absolute Gasteiger partial charge is 0.390 e. The first-order chi connectivity index (χ1) is 9.49. The van der Waals surface area contributed by atoms with Gasteiger partial charge in [0.05, 0.1) is 13.2 Å². The second-order valence-electron chi connectivity index (χ2n) is 3.11. The molecule has 114 valence electrons. The van der Waals surface area contributed by atoms with Crippen LogP contribution in [0.5, 0.6) is 0 Å². The van der Waals surface area contributed by atoms with Gasteiger partial charge in [-0.1, -0.05) is 0 Å². The maximum Gasteiger partial charge on any atom is 0.339 e. The van der Waals surface area contributed by atoms with E-state index in [0.717, 1.165) is 0 Å². The van der Waals surface area contributed by atoms with E-state index in [9.17, 15) is 19.2 Å². The van der Waals surface area contributed by atoms with Crippen molar-refractivity contribution in [2.45, 2.75) is 0 Å². The van der Waals surface area contributed by atoms with Crippen LogP contribution in [0, 0.1) is 0 Å². The lowest BCUT2D eigenvalue weighted by Crippen LogP contribution is -2.22. The van der Waals surface area contributed by atoms with Gasteiger partial charge < -0.3 is 29.2 Å². The number of ether oxygens (including phenoxy) is 4. The number of hydrogen-bond donors (Lipinski definition) is 2. The van der Waals surface area contributed by atoms with Crippen LogP contribution in [0.1, 0.15) is 0 Å². The van der Waals surface area contributed by atoms with Crippen molar-refractivity contribution >= 4 is 23.9 Å². The van der Waals surface area contributed by atoms with Crippen molar-refractivity contribution in [3.05, 3.63) is 0 Å². The van der Waals surface area contributed by atoms with Gasteiger partial charge in [-0.2, -0.15) is 0 Å². The monoisotopic (exact) mass is 294 g/mol. The number of aliphatic hydroxyl groups is 2. The third-order valence-corrected chi connectivity index (χ3v) is 1.53. The van der Waals surface area contributed by atoms with Crippen molar-refractivity contribution in [1.29, 1.82) is 0 Å². The maximum atomic E-state index is 10.9. The molecule has 0 unspecified atom stereocenters. The van der Waals surface area contributed by atoms with Crippen LogP contribution in [-0.2, 0) is 38.1 Å². The highest BCUT2D eigenvalue weighted by Gasteiger charge is 2.10. The molecule has 0 spiro atoms. The van der Waals surface area contributed by atoms with Crippen LogP contribution in [-0.4, -0.2) is 73.7 Å². The highest BCUT2D eigenvalue weighted by Crippen LogP contribution is 1.86. The fourth-order valence-electron chi connectivity index (χ4n) is 0.806. The molecular formula is C10H14O10. The smallest absolute Gasteiger partial charge is 0.339 e. The summed E-state index contributed by atoms with van der Waals surface area (Å²) in [7, 11) is 0. The van der Waals surface area contributed by atoms with Gasteiger partial charge in [0.1, 0.15) is 26.4 Å². The second-order valence-corrected chi connectivity index (χ2v) is 3.11. The van der Waals surface area contributed by atoms with Crippen LogP contribution in [0.15, 0.2) is 0 Å². The summed E-state index contributed by atoms with van der Waals surface area (Å²) < 4.78 is 17.6. The van der Waals surface area contributed by atoms with Crippen LogP contribution in [0.25, 0.3) is 0 Å². The minimum Gasteiger partial charge on any atom is -0.390 e. The molecule has 0 atom stereocenters. The summed E-state index contributed by atoms with van der Waals surface area (Å²) in [6, 6.07) is 0. The van der Waals surface area contributed by atoms with E-state index in [1.807, 2.05) is 0 Å². The van der Waals surface area contributed by atoms with Crippen molar-refractivity contribution in [3.8, 4) is 0 Å². The summed E-state index contributed by atoms with van der Waals surface area (Å²) in [5.41, 5.74) is 0. The minimum absolute atomic E-state index is 0.0797. The molecule has 0 bridgehead atoms. The van der Waals surface area contributed by atoms with Crippen LogP contribution in [0.3, 0.4) is 0 Å². The van der Waals surface area contributed by atoms with E-state index in [1.54, 1.807) is 0 Å². The van der Waals surface area contributed by atoms with Crippen molar-refractivity contribution < 1.29 is 48.3 Å². The summed E-state index contributed by atoms with van der Waals surface area (Å²) in [5.74, 6) is -4.13. The van der Waals surface area contributed by atoms with Gasteiger partial charge >= 0.3 is 23.9 Å². The Morgan fingerprint density at radius 3 is 1.30 bits per heavy atom. The van der Waals surface area contributed by atoms with Gasteiger partial charge in [-0.05, 0) is 0 Å². The number of esters is 4. The number of rotatable bonds is 9. The van der Waals surface area contributed by atoms with Crippen LogP contribution in [0.4, 0.5) is 0 Å². The summed E-state index contributed by atoms with van der Waals surface area (Å²) in [5, 5.41) is 16.6. The van der Waals surface area contributed by atoms with E-state index in [-0.39, 0.29) is 13.2 Å². The molecule has 20 heavy (non-hydrogen) atoms. The Balaban J connectivity index is 3.49. The quantitative estimate of drug-likeness (QED) is 0.258. The van der Waals surface area contributed by atoms with E-state index in [4.69, 9.17) is 19.7 Å². The standard InChI is InChI=1S/C10H14O10/c11-3-7(13)19-9(15)5-17-1-2-18-6-10(16)20-8(14)4-12/h11-12H,1-6H2. The molecule has 10 heteroatoms. The Morgan fingerprint density at radius 2 is 1.00 bits per heavy atom. The van der Waals surface area contributed by atoms with Gasteiger partial charge in [0.2, 0.25) is 0 Å². The molecular weight excluding hydrogens is 280 g/mol. The lowest BCUT2D eigenvalue weighted by Gasteiger charge is -2.05.